The number of aliphatic hydroxyl groups excluding tert-OH is 1. The van der Waals surface area contributed by atoms with Gasteiger partial charge in [0.2, 0.25) is 0 Å². The smallest absolute Gasteiger partial charge is 0.0809 e. The first-order valence-corrected chi connectivity index (χ1v) is 2.56. The number of hydrogen-bond donors (Lipinski definition) is 1. The maximum absolute atomic E-state index is 8.44. The Bertz CT molecular complexity index is 92.4. The van der Waals surface area contributed by atoms with E-state index in [2.05, 4.69) is 4.99 Å². The average molecular weight is 119 g/mol. The zero-order chi connectivity index (χ0) is 5.11. The van der Waals surface area contributed by atoms with E-state index in [0.717, 1.165) is 25.1 Å². The summed E-state index contributed by atoms with van der Waals surface area (Å²) in [7, 11) is 0. The lowest BCUT2D eigenvalue weighted by molar-refractivity contribution is 0.356. The van der Waals surface area contributed by atoms with E-state index in [0.29, 0.717) is 0 Å². The van der Waals surface area contributed by atoms with Gasteiger partial charge in [0, 0.05) is 12.3 Å². The third-order valence-electron chi connectivity index (χ3n) is 1.14. The van der Waals surface area contributed by atoms with Crippen LogP contribution in [0.5, 0.6) is 0 Å². The molecule has 8 heavy (non-hydrogen) atoms. The van der Waals surface area contributed by atoms with Crippen LogP contribution in [0.1, 0.15) is 12.8 Å². The highest BCUT2D eigenvalue weighted by Gasteiger charge is 2.01. The normalized spacial score (nSPS) is 17.4. The molecule has 0 saturated carbocycles. The van der Waals surface area contributed by atoms with Gasteiger partial charge in [-0.1, -0.05) is 0 Å². The predicted octanol–water partition coefficient (Wildman–Crippen LogP) is 0.366. The first-order valence-electron chi connectivity index (χ1n) is 2.56. The lowest BCUT2D eigenvalue weighted by Gasteiger charge is -1.85. The Morgan fingerprint density at radius 3 is 2.62 bits per heavy atom. The number of aliphatic imine (C=N–C) groups is 1. The fourth-order valence-electron chi connectivity index (χ4n) is 0.728. The molecule has 1 aliphatic heterocycles. The molecule has 3 heteroatoms. The maximum Gasteiger partial charge on any atom is 0.0809 e. The van der Waals surface area contributed by atoms with Crippen LogP contribution in [0.15, 0.2) is 4.99 Å². The highest BCUT2D eigenvalue weighted by molar-refractivity contribution is 5.86. The van der Waals surface area contributed by atoms with Crippen LogP contribution >= 0.6 is 0 Å². The largest absolute Gasteiger partial charge is 0.390 e. The highest BCUT2D eigenvalue weighted by atomic mass is 19.0. The van der Waals surface area contributed by atoms with Crippen LogP contribution in [0, 0.1) is 0 Å². The van der Waals surface area contributed by atoms with Crippen molar-refractivity contribution in [3.05, 3.63) is 0 Å². The molecule has 2 nitrogen and oxygen atoms in total. The highest BCUT2D eigenvalue weighted by Crippen LogP contribution is 2.01. The van der Waals surface area contributed by atoms with Crippen LogP contribution < -0.4 is 0 Å². The van der Waals surface area contributed by atoms with Crippen LogP contribution in [0.3, 0.4) is 0 Å². The summed E-state index contributed by atoms with van der Waals surface area (Å²) in [6.07, 6.45) is 2.15. The molecule has 0 saturated heterocycles. The molecular weight excluding hydrogens is 109 g/mol. The number of aliphatic hydroxyl groups is 1. The molecule has 0 radical (unpaired) electrons. The summed E-state index contributed by atoms with van der Waals surface area (Å²) in [6.45, 7) is 1.09. The van der Waals surface area contributed by atoms with Crippen molar-refractivity contribution < 1.29 is 9.81 Å². The molecule has 1 rings (SSSR count). The fraction of sp³-hybridized carbons (Fsp3) is 0.800. The van der Waals surface area contributed by atoms with Gasteiger partial charge < -0.3 is 5.11 Å². The van der Waals surface area contributed by atoms with Crippen LogP contribution in [0.4, 0.5) is 4.70 Å². The first kappa shape index (κ1) is 7.56. The SMILES string of the molecule is F.OCC1=NCCC1. The zero-order valence-corrected chi connectivity index (χ0v) is 4.63. The molecular formula is C5H10FNO. The van der Waals surface area contributed by atoms with Gasteiger partial charge in [-0.3, -0.25) is 9.70 Å². The number of hydrogen-bond acceptors (Lipinski definition) is 2. The summed E-state index contributed by atoms with van der Waals surface area (Å²) in [5, 5.41) is 8.44. The molecule has 0 amide bonds. The van der Waals surface area contributed by atoms with Gasteiger partial charge in [-0.15, -0.1) is 0 Å². The molecule has 0 aliphatic carbocycles. The second-order valence-corrected chi connectivity index (χ2v) is 1.71. The molecule has 1 heterocycles. The predicted molar refractivity (Wildman–Crippen MR) is 31.1 cm³/mol. The van der Waals surface area contributed by atoms with Crippen molar-refractivity contribution in [2.24, 2.45) is 4.99 Å². The zero-order valence-electron chi connectivity index (χ0n) is 4.63. The third-order valence-corrected chi connectivity index (χ3v) is 1.14. The lowest BCUT2D eigenvalue weighted by Crippen LogP contribution is -1.97. The third kappa shape index (κ3) is 1.58. The van der Waals surface area contributed by atoms with Crippen molar-refractivity contribution in [3.8, 4) is 0 Å². The van der Waals surface area contributed by atoms with Gasteiger partial charge in [0.1, 0.15) is 0 Å². The molecule has 1 aliphatic rings. The quantitative estimate of drug-likeness (QED) is 0.531. The second-order valence-electron chi connectivity index (χ2n) is 1.71. The second kappa shape index (κ2) is 3.55. The summed E-state index contributed by atoms with van der Waals surface area (Å²) in [4.78, 5) is 4.02. The van der Waals surface area contributed by atoms with Gasteiger partial charge in [0.25, 0.3) is 0 Å². The van der Waals surface area contributed by atoms with Gasteiger partial charge in [0.05, 0.1) is 6.61 Å². The van der Waals surface area contributed by atoms with Crippen LogP contribution in [0.2, 0.25) is 0 Å². The number of nitrogens with zero attached hydrogens (tertiary/aromatic N) is 1. The van der Waals surface area contributed by atoms with Crippen molar-refractivity contribution in [1.82, 2.24) is 0 Å². The summed E-state index contributed by atoms with van der Waals surface area (Å²) in [6, 6.07) is 0. The molecule has 1 N–H and O–H groups in total. The Hall–Kier alpha value is -0.440. The van der Waals surface area contributed by atoms with Crippen molar-refractivity contribution >= 4 is 5.71 Å². The van der Waals surface area contributed by atoms with Gasteiger partial charge in [-0.25, -0.2) is 0 Å². The molecule has 0 atom stereocenters. The molecule has 48 valence electrons. The van der Waals surface area contributed by atoms with Crippen molar-refractivity contribution in [2.75, 3.05) is 13.2 Å². The topological polar surface area (TPSA) is 32.6 Å². The van der Waals surface area contributed by atoms with E-state index >= 15 is 0 Å². The van der Waals surface area contributed by atoms with Crippen molar-refractivity contribution in [3.63, 3.8) is 0 Å². The molecule has 0 spiro atoms. The van der Waals surface area contributed by atoms with Crippen LogP contribution in [-0.4, -0.2) is 24.0 Å². The maximum atomic E-state index is 8.44. The lowest BCUT2D eigenvalue weighted by atomic mass is 10.3. The molecule has 0 bridgehead atoms. The number of halogens is 1. The van der Waals surface area contributed by atoms with E-state index < -0.39 is 0 Å². The molecule has 0 fully saturated rings. The minimum atomic E-state index is 0. The van der Waals surface area contributed by atoms with Gasteiger partial charge in [0.15, 0.2) is 0 Å². The molecule has 0 aromatic rings. The molecule has 0 aromatic carbocycles. The molecule has 0 unspecified atom stereocenters. The summed E-state index contributed by atoms with van der Waals surface area (Å²) in [5.41, 5.74) is 0.972. The van der Waals surface area contributed by atoms with E-state index in [9.17, 15) is 0 Å². The summed E-state index contributed by atoms with van der Waals surface area (Å²) < 4.78 is 0. The Morgan fingerprint density at radius 1 is 1.62 bits per heavy atom. The van der Waals surface area contributed by atoms with Gasteiger partial charge >= 0.3 is 0 Å². The van der Waals surface area contributed by atoms with E-state index in [1.165, 1.54) is 0 Å². The standard InChI is InChI=1S/C5H9NO.FH/c7-4-5-2-1-3-6-5;/h7H,1-4H2;1H. The van der Waals surface area contributed by atoms with Crippen LogP contribution in [-0.2, 0) is 0 Å². The van der Waals surface area contributed by atoms with E-state index in [1.54, 1.807) is 0 Å². The van der Waals surface area contributed by atoms with Crippen molar-refractivity contribution in [1.29, 1.82) is 0 Å². The average Bonchev–Trinajstić information content (AvgIpc) is 2.14. The minimum absolute atomic E-state index is 0. The Kier molecular flexibility index (Phi) is 3.35. The van der Waals surface area contributed by atoms with Gasteiger partial charge in [-0.2, -0.15) is 0 Å². The monoisotopic (exact) mass is 119 g/mol. The van der Waals surface area contributed by atoms with Crippen molar-refractivity contribution in [2.45, 2.75) is 12.8 Å². The Balaban J connectivity index is 0.000000490. The summed E-state index contributed by atoms with van der Waals surface area (Å²) >= 11 is 0. The fourth-order valence-corrected chi connectivity index (χ4v) is 0.728. The van der Waals surface area contributed by atoms with E-state index in [-0.39, 0.29) is 11.3 Å². The summed E-state index contributed by atoms with van der Waals surface area (Å²) in [5.74, 6) is 0. The number of rotatable bonds is 1. The minimum Gasteiger partial charge on any atom is -0.390 e. The Morgan fingerprint density at radius 2 is 2.38 bits per heavy atom. The van der Waals surface area contributed by atoms with E-state index in [1.807, 2.05) is 0 Å². The van der Waals surface area contributed by atoms with Gasteiger partial charge in [-0.05, 0) is 12.8 Å². The van der Waals surface area contributed by atoms with Crippen LogP contribution in [0.25, 0.3) is 0 Å². The first-order chi connectivity index (χ1) is 3.43. The van der Waals surface area contributed by atoms with E-state index in [4.69, 9.17) is 5.11 Å². The Labute approximate surface area is 47.6 Å². The molecule has 0 aromatic heterocycles.